The van der Waals surface area contributed by atoms with Crippen LogP contribution in [0, 0.1) is 0 Å². The topological polar surface area (TPSA) is 29.5 Å². The molecule has 1 heterocycles. The Balaban J connectivity index is 2.16. The molecule has 0 aromatic rings. The van der Waals surface area contributed by atoms with Crippen molar-refractivity contribution in [2.45, 2.75) is 83.7 Å². The maximum Gasteiger partial charge on any atom is 0.414 e. The molecule has 0 saturated carbocycles. The molecule has 3 heteroatoms. The van der Waals surface area contributed by atoms with Gasteiger partial charge in [-0.3, -0.25) is 4.90 Å². The Bertz CT molecular complexity index is 303. The van der Waals surface area contributed by atoms with Gasteiger partial charge in [0.1, 0.15) is 5.60 Å². The minimum Gasteiger partial charge on any atom is -0.441 e. The number of hydrogen-bond donors (Lipinski definition) is 0. The summed E-state index contributed by atoms with van der Waals surface area (Å²) in [6.07, 6.45) is 13.7. The molecular formula is C17H31NO2. The van der Waals surface area contributed by atoms with Gasteiger partial charge in [0.2, 0.25) is 0 Å². The van der Waals surface area contributed by atoms with Gasteiger partial charge in [-0.05, 0) is 19.3 Å². The summed E-state index contributed by atoms with van der Waals surface area (Å²) in [4.78, 5) is 13.2. The van der Waals surface area contributed by atoms with Gasteiger partial charge in [0.05, 0.1) is 6.54 Å². The van der Waals surface area contributed by atoms with Gasteiger partial charge in [0, 0.05) is 6.20 Å². The van der Waals surface area contributed by atoms with E-state index in [1.54, 1.807) is 11.1 Å². The van der Waals surface area contributed by atoms with Crippen LogP contribution in [-0.2, 0) is 4.74 Å². The van der Waals surface area contributed by atoms with Crippen LogP contribution in [0.3, 0.4) is 0 Å². The summed E-state index contributed by atoms with van der Waals surface area (Å²) in [5.41, 5.74) is -0.270. The van der Waals surface area contributed by atoms with Gasteiger partial charge in [-0.25, -0.2) is 4.79 Å². The van der Waals surface area contributed by atoms with Crippen molar-refractivity contribution in [3.8, 4) is 0 Å². The molecule has 3 nitrogen and oxygen atoms in total. The Hall–Kier alpha value is -0.990. The largest absolute Gasteiger partial charge is 0.441 e. The minimum atomic E-state index is -0.270. The fraction of sp³-hybridized carbons (Fsp3) is 0.824. The van der Waals surface area contributed by atoms with Crippen molar-refractivity contribution >= 4 is 6.09 Å². The summed E-state index contributed by atoms with van der Waals surface area (Å²) >= 11 is 0. The van der Waals surface area contributed by atoms with Crippen molar-refractivity contribution in [3.05, 3.63) is 12.8 Å². The van der Waals surface area contributed by atoms with Crippen LogP contribution < -0.4 is 0 Å². The molecule has 0 radical (unpaired) electrons. The number of amides is 1. The van der Waals surface area contributed by atoms with E-state index in [-0.39, 0.29) is 11.7 Å². The summed E-state index contributed by atoms with van der Waals surface area (Å²) in [7, 11) is 0. The van der Waals surface area contributed by atoms with Crippen LogP contribution in [0.1, 0.15) is 78.1 Å². The van der Waals surface area contributed by atoms with Crippen molar-refractivity contribution in [2.75, 3.05) is 6.54 Å². The highest BCUT2D eigenvalue weighted by molar-refractivity contribution is 5.71. The fourth-order valence-electron chi connectivity index (χ4n) is 2.86. The molecule has 1 fully saturated rings. The SMILES string of the molecule is C=CN1CC(CC)(CCCCCCCCCC)OC1=O. The Labute approximate surface area is 124 Å². The molecule has 1 aliphatic heterocycles. The summed E-state index contributed by atoms with van der Waals surface area (Å²) in [5.74, 6) is 0. The first-order valence-electron chi connectivity index (χ1n) is 8.29. The van der Waals surface area contributed by atoms with Crippen LogP contribution in [0.15, 0.2) is 12.8 Å². The molecule has 0 bridgehead atoms. The van der Waals surface area contributed by atoms with Gasteiger partial charge < -0.3 is 4.74 Å². The quantitative estimate of drug-likeness (QED) is 0.483. The van der Waals surface area contributed by atoms with Crippen LogP contribution in [0.25, 0.3) is 0 Å². The first-order valence-corrected chi connectivity index (χ1v) is 8.29. The lowest BCUT2D eigenvalue weighted by atomic mass is 9.93. The Kier molecular flexibility index (Phi) is 7.71. The molecule has 0 N–H and O–H groups in total. The van der Waals surface area contributed by atoms with Crippen LogP contribution in [0.5, 0.6) is 0 Å². The number of carbonyl (C=O) groups excluding carboxylic acids is 1. The lowest BCUT2D eigenvalue weighted by Gasteiger charge is -2.25. The van der Waals surface area contributed by atoms with Crippen LogP contribution >= 0.6 is 0 Å². The zero-order chi connectivity index (χ0) is 14.8. The van der Waals surface area contributed by atoms with Gasteiger partial charge in [0.15, 0.2) is 0 Å². The second-order valence-corrected chi connectivity index (χ2v) is 5.94. The highest BCUT2D eigenvalue weighted by Gasteiger charge is 2.42. The number of nitrogens with zero attached hydrogens (tertiary/aromatic N) is 1. The number of cyclic esters (lactones) is 1. The van der Waals surface area contributed by atoms with Gasteiger partial charge >= 0.3 is 6.09 Å². The van der Waals surface area contributed by atoms with E-state index in [2.05, 4.69) is 20.4 Å². The molecule has 0 aromatic heterocycles. The van der Waals surface area contributed by atoms with Crippen molar-refractivity contribution in [3.63, 3.8) is 0 Å². The standard InChI is InChI=1S/C17H31NO2/c1-4-7-8-9-10-11-12-13-14-17(5-2)15-18(6-3)16(19)20-17/h6H,3-5,7-15H2,1-2H3. The van der Waals surface area contributed by atoms with E-state index >= 15 is 0 Å². The van der Waals surface area contributed by atoms with Crippen molar-refractivity contribution in [2.24, 2.45) is 0 Å². The predicted octanol–water partition coefficient (Wildman–Crippen LogP) is 5.26. The molecule has 20 heavy (non-hydrogen) atoms. The molecule has 1 amide bonds. The smallest absolute Gasteiger partial charge is 0.414 e. The van der Waals surface area contributed by atoms with Crippen molar-refractivity contribution < 1.29 is 9.53 Å². The second kappa shape index (κ2) is 9.04. The van der Waals surface area contributed by atoms with E-state index in [0.717, 1.165) is 19.3 Å². The molecule has 0 aromatic carbocycles. The Morgan fingerprint density at radius 3 is 2.25 bits per heavy atom. The summed E-state index contributed by atoms with van der Waals surface area (Å²) in [6, 6.07) is 0. The number of carbonyl (C=O) groups is 1. The summed E-state index contributed by atoms with van der Waals surface area (Å²) in [6.45, 7) is 8.68. The third kappa shape index (κ3) is 5.18. The molecular weight excluding hydrogens is 250 g/mol. The van der Waals surface area contributed by atoms with E-state index in [1.807, 2.05) is 0 Å². The first kappa shape index (κ1) is 17.1. The van der Waals surface area contributed by atoms with Gasteiger partial charge in [-0.2, -0.15) is 0 Å². The monoisotopic (exact) mass is 281 g/mol. The summed E-state index contributed by atoms with van der Waals surface area (Å²) in [5, 5.41) is 0. The van der Waals surface area contributed by atoms with Crippen LogP contribution in [0.4, 0.5) is 4.79 Å². The van der Waals surface area contributed by atoms with E-state index in [1.165, 1.54) is 44.9 Å². The van der Waals surface area contributed by atoms with Crippen molar-refractivity contribution in [1.82, 2.24) is 4.90 Å². The average molecular weight is 281 g/mol. The maximum absolute atomic E-state index is 11.6. The zero-order valence-corrected chi connectivity index (χ0v) is 13.3. The van der Waals surface area contributed by atoms with Crippen LogP contribution in [-0.4, -0.2) is 23.1 Å². The summed E-state index contributed by atoms with van der Waals surface area (Å²) < 4.78 is 5.58. The number of rotatable bonds is 11. The highest BCUT2D eigenvalue weighted by Crippen LogP contribution is 2.31. The van der Waals surface area contributed by atoms with Crippen molar-refractivity contribution in [1.29, 1.82) is 0 Å². The Morgan fingerprint density at radius 2 is 1.75 bits per heavy atom. The normalized spacial score (nSPS) is 22.1. The predicted molar refractivity (Wildman–Crippen MR) is 83.6 cm³/mol. The molecule has 1 rings (SSSR count). The van der Waals surface area contributed by atoms with Gasteiger partial charge in [-0.1, -0.05) is 65.4 Å². The number of hydrogen-bond acceptors (Lipinski definition) is 2. The first-order chi connectivity index (χ1) is 9.67. The molecule has 1 aliphatic rings. The maximum atomic E-state index is 11.6. The molecule has 116 valence electrons. The lowest BCUT2D eigenvalue weighted by Crippen LogP contribution is -2.32. The van der Waals surface area contributed by atoms with E-state index in [0.29, 0.717) is 6.54 Å². The molecule has 1 atom stereocenters. The number of ether oxygens (including phenoxy) is 1. The highest BCUT2D eigenvalue weighted by atomic mass is 16.6. The molecule has 1 saturated heterocycles. The van der Waals surface area contributed by atoms with Gasteiger partial charge in [-0.15, -0.1) is 0 Å². The minimum absolute atomic E-state index is 0.235. The second-order valence-electron chi connectivity index (χ2n) is 5.94. The van der Waals surface area contributed by atoms with E-state index < -0.39 is 0 Å². The molecule has 1 unspecified atom stereocenters. The lowest BCUT2D eigenvalue weighted by molar-refractivity contribution is 0.0441. The zero-order valence-electron chi connectivity index (χ0n) is 13.3. The average Bonchev–Trinajstić information content (AvgIpc) is 2.79. The number of unbranched alkanes of at least 4 members (excludes halogenated alkanes) is 7. The van der Waals surface area contributed by atoms with E-state index in [4.69, 9.17) is 4.74 Å². The Morgan fingerprint density at radius 1 is 1.15 bits per heavy atom. The van der Waals surface area contributed by atoms with Gasteiger partial charge in [0.25, 0.3) is 0 Å². The third-order valence-electron chi connectivity index (χ3n) is 4.35. The van der Waals surface area contributed by atoms with Crippen LogP contribution in [0.2, 0.25) is 0 Å². The molecule has 0 spiro atoms. The molecule has 0 aliphatic carbocycles. The third-order valence-corrected chi connectivity index (χ3v) is 4.35. The fourth-order valence-corrected chi connectivity index (χ4v) is 2.86. The van der Waals surface area contributed by atoms with E-state index in [9.17, 15) is 4.79 Å².